The SMILES string of the molecule is NC(=O)[C@@H](Cc1ccc(OCc2ccccc2)cc1)NC(=O)Cc1ccc(F)cc1F. The maximum atomic E-state index is 13.7. The number of halogens is 2. The van der Waals surface area contributed by atoms with E-state index >= 15 is 0 Å². The normalized spacial score (nSPS) is 11.5. The lowest BCUT2D eigenvalue weighted by molar-refractivity contribution is -0.127. The van der Waals surface area contributed by atoms with Gasteiger partial charge in [0.2, 0.25) is 11.8 Å². The number of carbonyl (C=O) groups excluding carboxylic acids is 2. The fourth-order valence-electron chi connectivity index (χ4n) is 3.00. The average Bonchev–Trinajstić information content (AvgIpc) is 2.75. The van der Waals surface area contributed by atoms with Gasteiger partial charge in [0.25, 0.3) is 0 Å². The maximum absolute atomic E-state index is 13.7. The van der Waals surface area contributed by atoms with Gasteiger partial charge in [-0.3, -0.25) is 9.59 Å². The second-order valence-corrected chi connectivity index (χ2v) is 7.06. The zero-order valence-electron chi connectivity index (χ0n) is 16.7. The fourth-order valence-corrected chi connectivity index (χ4v) is 3.00. The molecule has 3 aromatic carbocycles. The summed E-state index contributed by atoms with van der Waals surface area (Å²) in [6.07, 6.45) is -0.159. The average molecular weight is 424 g/mol. The Kier molecular flexibility index (Phi) is 7.32. The van der Waals surface area contributed by atoms with E-state index in [1.165, 1.54) is 6.07 Å². The minimum absolute atomic E-state index is 0.0297. The summed E-state index contributed by atoms with van der Waals surface area (Å²) >= 11 is 0. The summed E-state index contributed by atoms with van der Waals surface area (Å²) in [5.41, 5.74) is 7.26. The topological polar surface area (TPSA) is 81.4 Å². The van der Waals surface area contributed by atoms with Crippen molar-refractivity contribution in [3.8, 4) is 5.75 Å². The van der Waals surface area contributed by atoms with Crippen molar-refractivity contribution in [3.63, 3.8) is 0 Å². The fraction of sp³-hybridized carbons (Fsp3) is 0.167. The van der Waals surface area contributed by atoms with E-state index in [1.54, 1.807) is 24.3 Å². The zero-order valence-corrected chi connectivity index (χ0v) is 16.7. The van der Waals surface area contributed by atoms with E-state index < -0.39 is 29.5 Å². The number of carbonyl (C=O) groups is 2. The number of primary amides is 1. The van der Waals surface area contributed by atoms with Gasteiger partial charge >= 0.3 is 0 Å². The molecule has 5 nitrogen and oxygen atoms in total. The Bertz CT molecular complexity index is 1040. The van der Waals surface area contributed by atoms with Crippen LogP contribution in [0, 0.1) is 11.6 Å². The lowest BCUT2D eigenvalue weighted by Crippen LogP contribution is -2.46. The lowest BCUT2D eigenvalue weighted by Gasteiger charge is -2.16. The summed E-state index contributed by atoms with van der Waals surface area (Å²) in [5.74, 6) is -2.18. The zero-order chi connectivity index (χ0) is 22.2. The van der Waals surface area contributed by atoms with Crippen LogP contribution in [0.4, 0.5) is 8.78 Å². The third-order valence-electron chi connectivity index (χ3n) is 4.66. The highest BCUT2D eigenvalue weighted by Gasteiger charge is 2.19. The predicted molar refractivity (Wildman–Crippen MR) is 112 cm³/mol. The van der Waals surface area contributed by atoms with Gasteiger partial charge in [0.05, 0.1) is 6.42 Å². The van der Waals surface area contributed by atoms with Crippen LogP contribution in [0.2, 0.25) is 0 Å². The predicted octanol–water partition coefficient (Wildman–Crippen LogP) is 3.30. The number of ether oxygens (including phenoxy) is 1. The van der Waals surface area contributed by atoms with Crippen molar-refractivity contribution in [1.29, 1.82) is 0 Å². The van der Waals surface area contributed by atoms with E-state index in [9.17, 15) is 18.4 Å². The van der Waals surface area contributed by atoms with Gasteiger partial charge in [-0.15, -0.1) is 0 Å². The van der Waals surface area contributed by atoms with Crippen LogP contribution >= 0.6 is 0 Å². The second kappa shape index (κ2) is 10.3. The van der Waals surface area contributed by atoms with Crippen molar-refractivity contribution in [3.05, 3.63) is 101 Å². The Labute approximate surface area is 178 Å². The largest absolute Gasteiger partial charge is 0.489 e. The van der Waals surface area contributed by atoms with Crippen molar-refractivity contribution in [1.82, 2.24) is 5.32 Å². The minimum Gasteiger partial charge on any atom is -0.489 e. The first-order valence-corrected chi connectivity index (χ1v) is 9.69. The van der Waals surface area contributed by atoms with Gasteiger partial charge in [0, 0.05) is 12.5 Å². The van der Waals surface area contributed by atoms with E-state index in [2.05, 4.69) is 5.32 Å². The summed E-state index contributed by atoms with van der Waals surface area (Å²) < 4.78 is 32.5. The van der Waals surface area contributed by atoms with Crippen LogP contribution in [0.1, 0.15) is 16.7 Å². The van der Waals surface area contributed by atoms with Crippen LogP contribution in [0.25, 0.3) is 0 Å². The Morgan fingerprint density at radius 3 is 2.29 bits per heavy atom. The van der Waals surface area contributed by atoms with E-state index in [0.29, 0.717) is 18.4 Å². The molecule has 0 aliphatic heterocycles. The molecule has 0 unspecified atom stereocenters. The molecule has 1 atom stereocenters. The number of benzene rings is 3. The molecule has 160 valence electrons. The Balaban J connectivity index is 1.56. The van der Waals surface area contributed by atoms with Crippen molar-refractivity contribution in [2.45, 2.75) is 25.5 Å². The third-order valence-corrected chi connectivity index (χ3v) is 4.66. The summed E-state index contributed by atoms with van der Waals surface area (Å²) in [5, 5.41) is 2.51. The van der Waals surface area contributed by atoms with Crippen LogP contribution in [-0.4, -0.2) is 17.9 Å². The van der Waals surface area contributed by atoms with Gasteiger partial charge in [0.1, 0.15) is 30.0 Å². The van der Waals surface area contributed by atoms with Crippen LogP contribution in [-0.2, 0) is 29.0 Å². The molecule has 0 saturated heterocycles. The van der Waals surface area contributed by atoms with Crippen molar-refractivity contribution in [2.24, 2.45) is 5.73 Å². The van der Waals surface area contributed by atoms with E-state index in [0.717, 1.165) is 17.2 Å². The van der Waals surface area contributed by atoms with Crippen molar-refractivity contribution < 1.29 is 23.1 Å². The van der Waals surface area contributed by atoms with E-state index in [4.69, 9.17) is 10.5 Å². The highest BCUT2D eigenvalue weighted by Crippen LogP contribution is 2.16. The number of amides is 2. The molecule has 0 saturated carbocycles. The van der Waals surface area contributed by atoms with Gasteiger partial charge < -0.3 is 15.8 Å². The van der Waals surface area contributed by atoms with Crippen molar-refractivity contribution in [2.75, 3.05) is 0 Å². The Hall–Kier alpha value is -3.74. The number of rotatable bonds is 9. The minimum atomic E-state index is -0.966. The molecule has 3 aromatic rings. The molecule has 0 aromatic heterocycles. The third kappa shape index (κ3) is 6.64. The Morgan fingerprint density at radius 1 is 0.935 bits per heavy atom. The molecule has 0 radical (unpaired) electrons. The summed E-state index contributed by atoms with van der Waals surface area (Å²) in [4.78, 5) is 24.0. The van der Waals surface area contributed by atoms with E-state index in [-0.39, 0.29) is 18.4 Å². The lowest BCUT2D eigenvalue weighted by atomic mass is 10.0. The quantitative estimate of drug-likeness (QED) is 0.553. The molecule has 7 heteroatoms. The van der Waals surface area contributed by atoms with Gasteiger partial charge in [-0.25, -0.2) is 8.78 Å². The number of hydrogen-bond donors (Lipinski definition) is 2. The molecule has 0 aliphatic carbocycles. The molecule has 2 amide bonds. The second-order valence-electron chi connectivity index (χ2n) is 7.06. The van der Waals surface area contributed by atoms with E-state index in [1.807, 2.05) is 30.3 Å². The number of nitrogens with two attached hydrogens (primary N) is 1. The maximum Gasteiger partial charge on any atom is 0.240 e. The standard InChI is InChI=1S/C24H22F2N2O3/c25-19-9-8-18(21(26)14-19)13-23(29)28-22(24(27)30)12-16-6-10-20(11-7-16)31-15-17-4-2-1-3-5-17/h1-11,14,22H,12-13,15H2,(H2,27,30)(H,28,29)/t22-/m1/s1. The first-order valence-electron chi connectivity index (χ1n) is 9.69. The van der Waals surface area contributed by atoms with Gasteiger partial charge in [-0.05, 0) is 34.9 Å². The highest BCUT2D eigenvalue weighted by molar-refractivity contribution is 5.87. The van der Waals surface area contributed by atoms with Gasteiger partial charge in [-0.1, -0.05) is 48.5 Å². The van der Waals surface area contributed by atoms with Crippen LogP contribution in [0.5, 0.6) is 5.75 Å². The van der Waals surface area contributed by atoms with Gasteiger partial charge in [0.15, 0.2) is 0 Å². The molecule has 0 spiro atoms. The first-order chi connectivity index (χ1) is 14.9. The molecule has 0 bridgehead atoms. The Morgan fingerprint density at radius 2 is 1.65 bits per heavy atom. The number of hydrogen-bond acceptors (Lipinski definition) is 3. The summed E-state index contributed by atoms with van der Waals surface area (Å²) in [6.45, 7) is 0.431. The molecule has 0 heterocycles. The molecule has 0 fully saturated rings. The summed E-state index contributed by atoms with van der Waals surface area (Å²) in [6, 6.07) is 18.8. The van der Waals surface area contributed by atoms with Crippen LogP contribution in [0.3, 0.4) is 0 Å². The highest BCUT2D eigenvalue weighted by atomic mass is 19.1. The molecule has 31 heavy (non-hydrogen) atoms. The molecule has 3 N–H and O–H groups in total. The van der Waals surface area contributed by atoms with Crippen LogP contribution in [0.15, 0.2) is 72.8 Å². The first kappa shape index (κ1) is 22.0. The molecular weight excluding hydrogens is 402 g/mol. The smallest absolute Gasteiger partial charge is 0.240 e. The van der Waals surface area contributed by atoms with Crippen LogP contribution < -0.4 is 15.8 Å². The molecular formula is C24H22F2N2O3. The van der Waals surface area contributed by atoms with Crippen molar-refractivity contribution >= 4 is 11.8 Å². The van der Waals surface area contributed by atoms with Gasteiger partial charge in [-0.2, -0.15) is 0 Å². The number of nitrogens with one attached hydrogen (secondary N) is 1. The molecule has 3 rings (SSSR count). The molecule has 0 aliphatic rings. The monoisotopic (exact) mass is 424 g/mol. The summed E-state index contributed by atoms with van der Waals surface area (Å²) in [7, 11) is 0.